The predicted octanol–water partition coefficient (Wildman–Crippen LogP) is 2.85. The van der Waals surface area contributed by atoms with E-state index in [9.17, 15) is 4.39 Å². The highest BCUT2D eigenvalue weighted by Gasteiger charge is 2.26. The quantitative estimate of drug-likeness (QED) is 0.765. The van der Waals surface area contributed by atoms with E-state index in [-0.39, 0.29) is 18.4 Å². The van der Waals surface area contributed by atoms with Crippen molar-refractivity contribution in [3.05, 3.63) is 71.5 Å². The topological polar surface area (TPSA) is 82.1 Å². The summed E-state index contributed by atoms with van der Waals surface area (Å²) in [6.07, 6.45) is 5.19. The van der Waals surface area contributed by atoms with Gasteiger partial charge in [-0.25, -0.2) is 14.4 Å². The Hall–Kier alpha value is -3.26. The van der Waals surface area contributed by atoms with Crippen molar-refractivity contribution in [3.8, 4) is 11.5 Å². The summed E-state index contributed by atoms with van der Waals surface area (Å²) in [7, 11) is 1.82. The lowest BCUT2D eigenvalue weighted by Crippen LogP contribution is -2.20. The lowest BCUT2D eigenvalue weighted by molar-refractivity contribution is -0.0816. The Balaban J connectivity index is 1.78. The third-order valence-corrected chi connectivity index (χ3v) is 4.51. The number of aryl methyl sites for hydroxylation is 1. The summed E-state index contributed by atoms with van der Waals surface area (Å²) in [5.41, 5.74) is 8.67. The smallest absolute Gasteiger partial charge is 0.182 e. The van der Waals surface area contributed by atoms with Gasteiger partial charge in [0.25, 0.3) is 0 Å². The van der Waals surface area contributed by atoms with Gasteiger partial charge in [-0.1, -0.05) is 18.2 Å². The molecular formula is C19H19FN6O. The van der Waals surface area contributed by atoms with E-state index in [1.54, 1.807) is 40.4 Å². The first-order chi connectivity index (χ1) is 13.0. The molecular weight excluding hydrogens is 347 g/mol. The molecule has 0 spiro atoms. The zero-order valence-electron chi connectivity index (χ0n) is 15.0. The Morgan fingerprint density at radius 2 is 2.11 bits per heavy atom. The third kappa shape index (κ3) is 3.26. The van der Waals surface area contributed by atoms with Crippen LogP contribution in [0.15, 0.2) is 48.9 Å². The van der Waals surface area contributed by atoms with Crippen molar-refractivity contribution in [3.63, 3.8) is 0 Å². The predicted molar refractivity (Wildman–Crippen MR) is 98.6 cm³/mol. The molecule has 3 heterocycles. The Labute approximate surface area is 155 Å². The minimum atomic E-state index is -0.275. The van der Waals surface area contributed by atoms with E-state index in [2.05, 4.69) is 15.1 Å². The maximum Gasteiger partial charge on any atom is 0.182 e. The van der Waals surface area contributed by atoms with Crippen LogP contribution in [-0.4, -0.2) is 31.9 Å². The van der Waals surface area contributed by atoms with Crippen LogP contribution >= 0.6 is 0 Å². The van der Waals surface area contributed by atoms with Gasteiger partial charge in [-0.15, -0.1) is 5.06 Å². The zero-order valence-corrected chi connectivity index (χ0v) is 15.0. The van der Waals surface area contributed by atoms with E-state index >= 15 is 0 Å². The number of benzene rings is 1. The number of aromatic nitrogens is 4. The average Bonchev–Trinajstić information content (AvgIpc) is 3.25. The fourth-order valence-electron chi connectivity index (χ4n) is 2.95. The van der Waals surface area contributed by atoms with Crippen LogP contribution in [0.2, 0.25) is 0 Å². The molecule has 4 rings (SSSR count). The molecule has 0 aliphatic carbocycles. The third-order valence-electron chi connectivity index (χ3n) is 4.51. The fourth-order valence-corrected chi connectivity index (χ4v) is 2.95. The molecule has 8 heteroatoms. The van der Waals surface area contributed by atoms with Crippen molar-refractivity contribution in [1.29, 1.82) is 0 Å². The number of likely N-dealkylation sites (N-methyl/N-ethyl adjacent to an activating group) is 1. The summed E-state index contributed by atoms with van der Waals surface area (Å²) in [6, 6.07) is 8.38. The number of rotatable bonds is 4. The molecule has 1 aliphatic heterocycles. The molecule has 3 aromatic rings. The molecule has 1 aliphatic rings. The molecule has 0 bridgehead atoms. The largest absolute Gasteiger partial charge is 0.413 e. The van der Waals surface area contributed by atoms with Gasteiger partial charge in [0.2, 0.25) is 0 Å². The highest BCUT2D eigenvalue weighted by molar-refractivity contribution is 5.54. The summed E-state index contributed by atoms with van der Waals surface area (Å²) in [5.74, 6) is 0.562. The number of hydroxylamine groups is 2. The second-order valence-corrected chi connectivity index (χ2v) is 6.39. The SMILES string of the molecule is Cc1cnc(-c2cc(C3C=CON3C)n(Cc3ccccc3F)n2)nc1N. The number of halogens is 1. The summed E-state index contributed by atoms with van der Waals surface area (Å²) in [5, 5.41) is 6.32. The molecule has 1 atom stereocenters. The molecule has 27 heavy (non-hydrogen) atoms. The molecule has 2 N–H and O–H groups in total. The first-order valence-corrected chi connectivity index (χ1v) is 8.50. The van der Waals surface area contributed by atoms with Crippen LogP contribution in [0, 0.1) is 12.7 Å². The second-order valence-electron chi connectivity index (χ2n) is 6.39. The van der Waals surface area contributed by atoms with E-state index in [4.69, 9.17) is 10.6 Å². The van der Waals surface area contributed by atoms with Gasteiger partial charge in [0.1, 0.15) is 29.6 Å². The van der Waals surface area contributed by atoms with Crippen molar-refractivity contribution >= 4 is 5.82 Å². The van der Waals surface area contributed by atoms with Crippen LogP contribution in [-0.2, 0) is 11.4 Å². The van der Waals surface area contributed by atoms with Crippen LogP contribution < -0.4 is 5.73 Å². The Morgan fingerprint density at radius 1 is 1.30 bits per heavy atom. The van der Waals surface area contributed by atoms with Crippen LogP contribution in [0.4, 0.5) is 10.2 Å². The number of nitrogens with two attached hydrogens (primary N) is 1. The molecule has 0 fully saturated rings. The average molecular weight is 366 g/mol. The first kappa shape index (κ1) is 17.2. The minimum absolute atomic E-state index is 0.152. The minimum Gasteiger partial charge on any atom is -0.413 e. The van der Waals surface area contributed by atoms with Crippen LogP contribution in [0.25, 0.3) is 11.5 Å². The first-order valence-electron chi connectivity index (χ1n) is 8.50. The van der Waals surface area contributed by atoms with E-state index in [1.165, 1.54) is 6.07 Å². The van der Waals surface area contributed by atoms with Crippen molar-refractivity contribution in [1.82, 2.24) is 24.8 Å². The van der Waals surface area contributed by atoms with Crippen LogP contribution in [0.3, 0.4) is 0 Å². The normalized spacial score (nSPS) is 16.6. The van der Waals surface area contributed by atoms with Crippen molar-refractivity contribution in [2.75, 3.05) is 12.8 Å². The van der Waals surface area contributed by atoms with Gasteiger partial charge in [-0.05, 0) is 25.1 Å². The van der Waals surface area contributed by atoms with Crippen LogP contribution in [0.1, 0.15) is 22.9 Å². The fraction of sp³-hybridized carbons (Fsp3) is 0.211. The van der Waals surface area contributed by atoms with Gasteiger partial charge < -0.3 is 10.6 Å². The highest BCUT2D eigenvalue weighted by atomic mass is 19.1. The van der Waals surface area contributed by atoms with Crippen LogP contribution in [0.5, 0.6) is 0 Å². The van der Waals surface area contributed by atoms with Gasteiger partial charge in [0.05, 0.1) is 12.2 Å². The number of nitrogen functional groups attached to an aromatic ring is 1. The molecule has 7 nitrogen and oxygen atoms in total. The van der Waals surface area contributed by atoms with Gasteiger partial charge in [-0.2, -0.15) is 5.10 Å². The van der Waals surface area contributed by atoms with Crippen molar-refractivity contribution in [2.45, 2.75) is 19.5 Å². The summed E-state index contributed by atoms with van der Waals surface area (Å²) in [6.45, 7) is 2.12. The van der Waals surface area contributed by atoms with Crippen molar-refractivity contribution < 1.29 is 9.23 Å². The molecule has 0 saturated carbocycles. The van der Waals surface area contributed by atoms with Gasteiger partial charge in [0.15, 0.2) is 5.82 Å². The number of anilines is 1. The second kappa shape index (κ2) is 6.81. The Bertz CT molecular complexity index is 1020. The molecule has 1 unspecified atom stereocenters. The van der Waals surface area contributed by atoms with E-state index < -0.39 is 0 Å². The maximum atomic E-state index is 14.2. The molecule has 138 valence electrons. The molecule has 2 aromatic heterocycles. The number of hydrogen-bond donors (Lipinski definition) is 1. The van der Waals surface area contributed by atoms with Crippen molar-refractivity contribution in [2.24, 2.45) is 0 Å². The molecule has 0 radical (unpaired) electrons. The standard InChI is InChI=1S/C19H19FN6O/c1-12-10-22-19(23-18(12)21)15-9-17(16-7-8-27-25(16)2)26(24-15)11-13-5-3-4-6-14(13)20/h3-10,16H,11H2,1-2H3,(H2,21,22,23). The molecule has 0 amide bonds. The van der Waals surface area contributed by atoms with Gasteiger partial charge in [0, 0.05) is 24.4 Å². The van der Waals surface area contributed by atoms with Gasteiger partial charge in [-0.3, -0.25) is 4.68 Å². The van der Waals surface area contributed by atoms with E-state index in [0.717, 1.165) is 11.3 Å². The number of hydrogen-bond acceptors (Lipinski definition) is 6. The Kier molecular flexibility index (Phi) is 4.33. The van der Waals surface area contributed by atoms with Gasteiger partial charge >= 0.3 is 0 Å². The number of nitrogens with zero attached hydrogens (tertiary/aromatic N) is 5. The summed E-state index contributed by atoms with van der Waals surface area (Å²) >= 11 is 0. The van der Waals surface area contributed by atoms with E-state index in [1.807, 2.05) is 26.1 Å². The molecule has 0 saturated heterocycles. The van der Waals surface area contributed by atoms with E-state index in [0.29, 0.717) is 22.9 Å². The zero-order chi connectivity index (χ0) is 19.0. The molecule has 1 aromatic carbocycles. The Morgan fingerprint density at radius 3 is 2.81 bits per heavy atom. The lowest BCUT2D eigenvalue weighted by atomic mass is 10.1. The summed E-state index contributed by atoms with van der Waals surface area (Å²) < 4.78 is 15.9. The maximum absolute atomic E-state index is 14.2. The highest BCUT2D eigenvalue weighted by Crippen LogP contribution is 2.29. The summed E-state index contributed by atoms with van der Waals surface area (Å²) in [4.78, 5) is 14.0. The lowest BCUT2D eigenvalue weighted by Gasteiger charge is -2.18. The monoisotopic (exact) mass is 366 g/mol.